The molecule has 1 N–H and O–H groups in total. The van der Waals surface area contributed by atoms with Crippen LogP contribution in [0.15, 0.2) is 48.5 Å². The number of ether oxygens (including phenoxy) is 3. The first-order valence-electron chi connectivity index (χ1n) is 10.4. The number of carbonyl (C=O) groups is 2. The van der Waals surface area contributed by atoms with E-state index in [2.05, 4.69) is 5.32 Å². The lowest BCUT2D eigenvalue weighted by Crippen LogP contribution is -2.36. The summed E-state index contributed by atoms with van der Waals surface area (Å²) < 4.78 is 15.5. The number of methoxy groups -OCH3 is 3. The number of rotatable bonds is 9. The first kappa shape index (κ1) is 22.6. The van der Waals surface area contributed by atoms with Crippen LogP contribution in [0.4, 0.5) is 0 Å². The van der Waals surface area contributed by atoms with Crippen LogP contribution in [-0.4, -0.2) is 64.3 Å². The summed E-state index contributed by atoms with van der Waals surface area (Å²) in [7, 11) is 4.85. The summed E-state index contributed by atoms with van der Waals surface area (Å²) in [6, 6.07) is 14.7. The minimum atomic E-state index is -0.321. The van der Waals surface area contributed by atoms with Gasteiger partial charge in [0.05, 0.1) is 20.1 Å². The van der Waals surface area contributed by atoms with E-state index in [-0.39, 0.29) is 23.7 Å². The molecular weight excluding hydrogens is 396 g/mol. The van der Waals surface area contributed by atoms with E-state index in [9.17, 15) is 9.59 Å². The average Bonchev–Trinajstić information content (AvgIpc) is 3.27. The van der Waals surface area contributed by atoms with Crippen molar-refractivity contribution in [2.75, 3.05) is 47.6 Å². The number of hydrogen-bond acceptors (Lipinski definition) is 5. The Hall–Kier alpha value is -3.06. The van der Waals surface area contributed by atoms with Gasteiger partial charge in [-0.2, -0.15) is 0 Å². The van der Waals surface area contributed by atoms with Gasteiger partial charge < -0.3 is 24.4 Å². The number of amides is 2. The summed E-state index contributed by atoms with van der Waals surface area (Å²) in [5.41, 5.74) is 1.60. The Morgan fingerprint density at radius 3 is 2.13 bits per heavy atom. The molecule has 1 saturated heterocycles. The summed E-state index contributed by atoms with van der Waals surface area (Å²) in [4.78, 5) is 27.8. The molecule has 31 heavy (non-hydrogen) atoms. The highest BCUT2D eigenvalue weighted by molar-refractivity contribution is 5.95. The number of likely N-dealkylation sites (tertiary alicyclic amines) is 1. The summed E-state index contributed by atoms with van der Waals surface area (Å²) in [5.74, 6) is 0.919. The third-order valence-electron chi connectivity index (χ3n) is 5.65. The van der Waals surface area contributed by atoms with Crippen LogP contribution in [-0.2, 0) is 9.53 Å². The molecule has 1 fully saturated rings. The van der Waals surface area contributed by atoms with Gasteiger partial charge in [-0.1, -0.05) is 12.1 Å². The minimum absolute atomic E-state index is 0.0399. The molecule has 1 heterocycles. The highest BCUT2D eigenvalue weighted by atomic mass is 16.5. The van der Waals surface area contributed by atoms with Gasteiger partial charge in [0, 0.05) is 44.8 Å². The fraction of sp³-hybridized carbons (Fsp3) is 0.417. The van der Waals surface area contributed by atoms with E-state index in [1.165, 1.54) is 0 Å². The van der Waals surface area contributed by atoms with Crippen molar-refractivity contribution in [1.29, 1.82) is 0 Å². The van der Waals surface area contributed by atoms with Crippen LogP contribution in [0.2, 0.25) is 0 Å². The van der Waals surface area contributed by atoms with E-state index in [1.807, 2.05) is 24.3 Å². The lowest BCUT2D eigenvalue weighted by atomic mass is 9.88. The highest BCUT2D eigenvalue weighted by Crippen LogP contribution is 2.34. The van der Waals surface area contributed by atoms with Crippen LogP contribution in [0.3, 0.4) is 0 Å². The predicted molar refractivity (Wildman–Crippen MR) is 118 cm³/mol. The van der Waals surface area contributed by atoms with Crippen LogP contribution >= 0.6 is 0 Å². The van der Waals surface area contributed by atoms with Gasteiger partial charge in [0.25, 0.3) is 5.91 Å². The zero-order valence-electron chi connectivity index (χ0n) is 18.3. The molecule has 1 aliphatic rings. The smallest absolute Gasteiger partial charge is 0.253 e. The third kappa shape index (κ3) is 5.55. The Labute approximate surface area is 183 Å². The summed E-state index contributed by atoms with van der Waals surface area (Å²) in [6.07, 6.45) is 0.747. The number of nitrogens with one attached hydrogen (secondary N) is 1. The first-order valence-corrected chi connectivity index (χ1v) is 10.4. The maximum Gasteiger partial charge on any atom is 0.253 e. The molecule has 0 radical (unpaired) electrons. The van der Waals surface area contributed by atoms with E-state index in [4.69, 9.17) is 14.2 Å². The molecule has 0 spiro atoms. The van der Waals surface area contributed by atoms with Crippen molar-refractivity contribution in [1.82, 2.24) is 10.2 Å². The molecule has 0 aliphatic carbocycles. The molecule has 166 valence electrons. The molecule has 0 saturated carbocycles. The maximum absolute atomic E-state index is 13.1. The van der Waals surface area contributed by atoms with Crippen LogP contribution in [0, 0.1) is 5.92 Å². The number of hydrogen-bond donors (Lipinski definition) is 1. The van der Waals surface area contributed by atoms with Crippen LogP contribution in [0.1, 0.15) is 28.3 Å². The molecule has 2 aromatic carbocycles. The Morgan fingerprint density at radius 2 is 1.55 bits per heavy atom. The fourth-order valence-corrected chi connectivity index (χ4v) is 3.90. The zero-order chi connectivity index (χ0) is 22.2. The van der Waals surface area contributed by atoms with Crippen LogP contribution < -0.4 is 14.8 Å². The zero-order valence-corrected chi connectivity index (χ0v) is 18.3. The van der Waals surface area contributed by atoms with E-state index >= 15 is 0 Å². The molecule has 2 atom stereocenters. The van der Waals surface area contributed by atoms with Gasteiger partial charge in [-0.15, -0.1) is 0 Å². The Bertz CT molecular complexity index is 867. The second kappa shape index (κ2) is 10.8. The molecule has 0 aromatic heterocycles. The summed E-state index contributed by atoms with van der Waals surface area (Å²) in [6.45, 7) is 1.99. The molecule has 2 amide bonds. The fourth-order valence-electron chi connectivity index (χ4n) is 3.90. The van der Waals surface area contributed by atoms with Crippen molar-refractivity contribution < 1.29 is 23.8 Å². The maximum atomic E-state index is 13.1. The normalized spacial score (nSPS) is 18.0. The quantitative estimate of drug-likeness (QED) is 0.624. The topological polar surface area (TPSA) is 77.1 Å². The van der Waals surface area contributed by atoms with Gasteiger partial charge in [-0.05, 0) is 48.4 Å². The molecular formula is C24H30N2O5. The van der Waals surface area contributed by atoms with Gasteiger partial charge in [0.1, 0.15) is 11.5 Å². The van der Waals surface area contributed by atoms with Crippen molar-refractivity contribution in [3.05, 3.63) is 59.7 Å². The van der Waals surface area contributed by atoms with Crippen molar-refractivity contribution in [3.8, 4) is 11.5 Å². The Balaban J connectivity index is 1.77. The average molecular weight is 427 g/mol. The monoisotopic (exact) mass is 426 g/mol. The van der Waals surface area contributed by atoms with Crippen molar-refractivity contribution in [2.45, 2.75) is 12.3 Å². The number of carbonyl (C=O) groups excluding carboxylic acids is 2. The second-order valence-electron chi connectivity index (χ2n) is 7.56. The lowest BCUT2D eigenvalue weighted by Gasteiger charge is -2.18. The molecule has 0 unspecified atom stereocenters. The van der Waals surface area contributed by atoms with Gasteiger partial charge >= 0.3 is 0 Å². The highest BCUT2D eigenvalue weighted by Gasteiger charge is 2.40. The molecule has 1 aliphatic heterocycles. The Morgan fingerprint density at radius 1 is 0.935 bits per heavy atom. The molecule has 7 heteroatoms. The molecule has 0 bridgehead atoms. The molecule has 3 rings (SSSR count). The largest absolute Gasteiger partial charge is 0.497 e. The van der Waals surface area contributed by atoms with Crippen molar-refractivity contribution in [3.63, 3.8) is 0 Å². The van der Waals surface area contributed by atoms with Crippen LogP contribution in [0.25, 0.3) is 0 Å². The van der Waals surface area contributed by atoms with E-state index < -0.39 is 0 Å². The minimum Gasteiger partial charge on any atom is -0.497 e. The van der Waals surface area contributed by atoms with Crippen LogP contribution in [0.5, 0.6) is 11.5 Å². The van der Waals surface area contributed by atoms with Crippen molar-refractivity contribution in [2.24, 2.45) is 5.92 Å². The van der Waals surface area contributed by atoms with Gasteiger partial charge in [0.2, 0.25) is 5.91 Å². The third-order valence-corrected chi connectivity index (χ3v) is 5.65. The van der Waals surface area contributed by atoms with Gasteiger partial charge in [0.15, 0.2) is 0 Å². The molecule has 7 nitrogen and oxygen atoms in total. The first-order chi connectivity index (χ1) is 15.1. The van der Waals surface area contributed by atoms with E-state index in [0.29, 0.717) is 37.6 Å². The van der Waals surface area contributed by atoms with E-state index in [1.54, 1.807) is 50.5 Å². The summed E-state index contributed by atoms with van der Waals surface area (Å²) in [5, 5.41) is 3.00. The summed E-state index contributed by atoms with van der Waals surface area (Å²) >= 11 is 0. The SMILES string of the molecule is COCCCNC(=O)[C@@H]1CN(C(=O)c2ccc(OC)cc2)C[C@H]1c1ccc(OC)cc1. The number of nitrogens with zero attached hydrogens (tertiary/aromatic N) is 1. The van der Waals surface area contributed by atoms with E-state index in [0.717, 1.165) is 17.7 Å². The Kier molecular flexibility index (Phi) is 7.89. The second-order valence-corrected chi connectivity index (χ2v) is 7.56. The molecule has 2 aromatic rings. The van der Waals surface area contributed by atoms with Gasteiger partial charge in [-0.3, -0.25) is 9.59 Å². The lowest BCUT2D eigenvalue weighted by molar-refractivity contribution is -0.124. The number of benzene rings is 2. The standard InChI is InChI=1S/C24H30N2O5/c1-29-14-4-13-25-23(27)22-16-26(24(28)18-7-11-20(31-3)12-8-18)15-21(22)17-5-9-19(30-2)10-6-17/h5-12,21-22H,4,13-16H2,1-3H3,(H,25,27)/t21-,22+/m0/s1. The predicted octanol–water partition coefficient (Wildman–Crippen LogP) is 2.71. The van der Waals surface area contributed by atoms with Gasteiger partial charge in [-0.25, -0.2) is 0 Å². The van der Waals surface area contributed by atoms with Crippen molar-refractivity contribution >= 4 is 11.8 Å².